The lowest BCUT2D eigenvalue weighted by Gasteiger charge is -2.32. The highest BCUT2D eigenvalue weighted by molar-refractivity contribution is 5.39. The zero-order valence-electron chi connectivity index (χ0n) is 12.4. The Morgan fingerprint density at radius 3 is 2.63 bits per heavy atom. The van der Waals surface area contributed by atoms with Gasteiger partial charge in [0.25, 0.3) is 0 Å². The lowest BCUT2D eigenvalue weighted by molar-refractivity contribution is 0.394. The lowest BCUT2D eigenvalue weighted by Crippen LogP contribution is -2.34. The van der Waals surface area contributed by atoms with Gasteiger partial charge >= 0.3 is 0 Å². The molecule has 1 aromatic heterocycles. The van der Waals surface area contributed by atoms with E-state index >= 15 is 0 Å². The van der Waals surface area contributed by atoms with Crippen molar-refractivity contribution in [3.63, 3.8) is 0 Å². The minimum absolute atomic E-state index is 0.925. The van der Waals surface area contributed by atoms with E-state index in [1.54, 1.807) is 0 Å². The molecule has 0 spiro atoms. The number of pyridine rings is 1. The van der Waals surface area contributed by atoms with Gasteiger partial charge in [0.1, 0.15) is 5.82 Å². The van der Waals surface area contributed by atoms with Gasteiger partial charge < -0.3 is 10.2 Å². The van der Waals surface area contributed by atoms with E-state index in [2.05, 4.69) is 41.2 Å². The van der Waals surface area contributed by atoms with Gasteiger partial charge in [-0.2, -0.15) is 0 Å². The van der Waals surface area contributed by atoms with Crippen LogP contribution in [0.3, 0.4) is 0 Å². The van der Waals surface area contributed by atoms with Crippen LogP contribution in [0.4, 0.5) is 5.82 Å². The average molecular weight is 261 g/mol. The Morgan fingerprint density at radius 2 is 2.05 bits per heavy atom. The van der Waals surface area contributed by atoms with Crippen LogP contribution in [-0.2, 0) is 6.54 Å². The SMILES string of the molecule is CCCNCc1ccc(N2CCC(CC)CC2)nc1. The number of rotatable bonds is 6. The fourth-order valence-corrected chi connectivity index (χ4v) is 2.69. The van der Waals surface area contributed by atoms with Crippen LogP contribution in [0, 0.1) is 5.92 Å². The maximum Gasteiger partial charge on any atom is 0.128 e. The first-order valence-corrected chi connectivity index (χ1v) is 7.74. The van der Waals surface area contributed by atoms with Crippen molar-refractivity contribution in [2.45, 2.75) is 46.1 Å². The predicted molar refractivity (Wildman–Crippen MR) is 81.5 cm³/mol. The largest absolute Gasteiger partial charge is 0.357 e. The van der Waals surface area contributed by atoms with E-state index in [1.807, 2.05) is 6.20 Å². The van der Waals surface area contributed by atoms with Crippen LogP contribution in [0.2, 0.25) is 0 Å². The lowest BCUT2D eigenvalue weighted by atomic mass is 9.94. The van der Waals surface area contributed by atoms with Crippen LogP contribution in [0.15, 0.2) is 18.3 Å². The molecular formula is C16H27N3. The average Bonchev–Trinajstić information content (AvgIpc) is 2.48. The Morgan fingerprint density at radius 1 is 1.26 bits per heavy atom. The molecule has 19 heavy (non-hydrogen) atoms. The third-order valence-electron chi connectivity index (χ3n) is 4.08. The zero-order chi connectivity index (χ0) is 13.5. The smallest absolute Gasteiger partial charge is 0.128 e. The number of hydrogen-bond donors (Lipinski definition) is 1. The Bertz CT molecular complexity index is 353. The van der Waals surface area contributed by atoms with E-state index in [9.17, 15) is 0 Å². The Kier molecular flexibility index (Phi) is 5.64. The molecular weight excluding hydrogens is 234 g/mol. The number of piperidine rings is 1. The van der Waals surface area contributed by atoms with Crippen molar-refractivity contribution >= 4 is 5.82 Å². The minimum atomic E-state index is 0.925. The van der Waals surface area contributed by atoms with E-state index < -0.39 is 0 Å². The quantitative estimate of drug-likeness (QED) is 0.797. The summed E-state index contributed by atoms with van der Waals surface area (Å²) in [5.41, 5.74) is 1.28. The molecule has 1 aliphatic heterocycles. The number of hydrogen-bond acceptors (Lipinski definition) is 3. The number of nitrogens with one attached hydrogen (secondary N) is 1. The van der Waals surface area contributed by atoms with Gasteiger partial charge in [0.15, 0.2) is 0 Å². The molecule has 0 saturated carbocycles. The van der Waals surface area contributed by atoms with Crippen LogP contribution >= 0.6 is 0 Å². The molecule has 2 rings (SSSR count). The van der Waals surface area contributed by atoms with Gasteiger partial charge in [0, 0.05) is 25.8 Å². The normalized spacial score (nSPS) is 16.8. The Labute approximate surface area is 117 Å². The molecule has 3 nitrogen and oxygen atoms in total. The van der Waals surface area contributed by atoms with Crippen molar-refractivity contribution in [3.8, 4) is 0 Å². The first-order chi connectivity index (χ1) is 9.33. The molecule has 1 aliphatic rings. The second kappa shape index (κ2) is 7.49. The standard InChI is InChI=1S/C16H27N3/c1-3-9-17-12-15-5-6-16(18-13-15)19-10-7-14(4-2)8-11-19/h5-6,13-14,17H,3-4,7-12H2,1-2H3. The summed E-state index contributed by atoms with van der Waals surface area (Å²) in [5, 5.41) is 3.41. The first-order valence-electron chi connectivity index (χ1n) is 7.74. The number of aromatic nitrogens is 1. The highest BCUT2D eigenvalue weighted by Gasteiger charge is 2.18. The Balaban J connectivity index is 1.84. The van der Waals surface area contributed by atoms with Crippen LogP contribution in [0.5, 0.6) is 0 Å². The fraction of sp³-hybridized carbons (Fsp3) is 0.688. The molecule has 2 heterocycles. The summed E-state index contributed by atoms with van der Waals surface area (Å²) in [4.78, 5) is 7.04. The van der Waals surface area contributed by atoms with Gasteiger partial charge in [-0.25, -0.2) is 4.98 Å². The van der Waals surface area contributed by atoms with E-state index in [-0.39, 0.29) is 0 Å². The molecule has 1 aromatic rings. The molecule has 1 fully saturated rings. The molecule has 0 radical (unpaired) electrons. The van der Waals surface area contributed by atoms with Crippen molar-refractivity contribution in [3.05, 3.63) is 23.9 Å². The van der Waals surface area contributed by atoms with Crippen LogP contribution in [0.1, 0.15) is 45.1 Å². The summed E-state index contributed by atoms with van der Waals surface area (Å²) in [6.45, 7) is 8.83. The van der Waals surface area contributed by atoms with Gasteiger partial charge in [-0.05, 0) is 43.4 Å². The second-order valence-corrected chi connectivity index (χ2v) is 5.54. The van der Waals surface area contributed by atoms with Gasteiger partial charge in [0.05, 0.1) is 0 Å². The maximum atomic E-state index is 4.62. The van der Waals surface area contributed by atoms with Gasteiger partial charge in [-0.15, -0.1) is 0 Å². The summed E-state index contributed by atoms with van der Waals surface area (Å²) < 4.78 is 0. The minimum Gasteiger partial charge on any atom is -0.357 e. The molecule has 106 valence electrons. The van der Waals surface area contributed by atoms with Crippen molar-refractivity contribution in [1.82, 2.24) is 10.3 Å². The molecule has 3 heteroatoms. The van der Waals surface area contributed by atoms with E-state index in [4.69, 9.17) is 0 Å². The molecule has 1 N–H and O–H groups in total. The van der Waals surface area contributed by atoms with E-state index in [0.717, 1.165) is 24.8 Å². The van der Waals surface area contributed by atoms with Gasteiger partial charge in [-0.3, -0.25) is 0 Å². The highest BCUT2D eigenvalue weighted by Crippen LogP contribution is 2.23. The Hall–Kier alpha value is -1.09. The number of nitrogens with zero attached hydrogens (tertiary/aromatic N) is 2. The summed E-state index contributed by atoms with van der Waals surface area (Å²) >= 11 is 0. The molecule has 1 saturated heterocycles. The molecule has 0 aliphatic carbocycles. The highest BCUT2D eigenvalue weighted by atomic mass is 15.2. The van der Waals surface area contributed by atoms with Crippen LogP contribution < -0.4 is 10.2 Å². The second-order valence-electron chi connectivity index (χ2n) is 5.54. The zero-order valence-corrected chi connectivity index (χ0v) is 12.4. The third-order valence-corrected chi connectivity index (χ3v) is 4.08. The molecule has 0 atom stereocenters. The number of anilines is 1. The molecule has 0 aromatic carbocycles. The van der Waals surface area contributed by atoms with Gasteiger partial charge in [0.2, 0.25) is 0 Å². The van der Waals surface area contributed by atoms with Crippen molar-refractivity contribution in [2.75, 3.05) is 24.5 Å². The third kappa shape index (κ3) is 4.20. The predicted octanol–water partition coefficient (Wildman–Crippen LogP) is 3.21. The summed E-state index contributed by atoms with van der Waals surface area (Å²) in [6.07, 6.45) is 7.15. The fourth-order valence-electron chi connectivity index (χ4n) is 2.69. The monoisotopic (exact) mass is 261 g/mol. The van der Waals surface area contributed by atoms with Crippen molar-refractivity contribution in [2.24, 2.45) is 5.92 Å². The van der Waals surface area contributed by atoms with E-state index in [1.165, 1.54) is 44.3 Å². The van der Waals surface area contributed by atoms with Crippen LogP contribution in [-0.4, -0.2) is 24.6 Å². The molecule has 0 unspecified atom stereocenters. The molecule has 0 amide bonds. The summed E-state index contributed by atoms with van der Waals surface area (Å²) in [6, 6.07) is 4.38. The summed E-state index contributed by atoms with van der Waals surface area (Å²) in [5.74, 6) is 2.07. The van der Waals surface area contributed by atoms with Crippen molar-refractivity contribution in [1.29, 1.82) is 0 Å². The topological polar surface area (TPSA) is 28.2 Å². The first kappa shape index (κ1) is 14.3. The van der Waals surface area contributed by atoms with Gasteiger partial charge in [-0.1, -0.05) is 26.3 Å². The summed E-state index contributed by atoms with van der Waals surface area (Å²) in [7, 11) is 0. The molecule has 0 bridgehead atoms. The van der Waals surface area contributed by atoms with Crippen molar-refractivity contribution < 1.29 is 0 Å². The van der Waals surface area contributed by atoms with Crippen LogP contribution in [0.25, 0.3) is 0 Å². The maximum absolute atomic E-state index is 4.62. The van der Waals surface area contributed by atoms with E-state index in [0.29, 0.717) is 0 Å².